The molecular formula is C31H30N2O. The fourth-order valence-corrected chi connectivity index (χ4v) is 4.37. The van der Waals surface area contributed by atoms with E-state index in [4.69, 9.17) is 9.84 Å². The van der Waals surface area contributed by atoms with Crippen LogP contribution in [0.25, 0.3) is 11.1 Å². The zero-order valence-electron chi connectivity index (χ0n) is 19.6. The number of rotatable bonds is 8. The van der Waals surface area contributed by atoms with Crippen molar-refractivity contribution in [3.05, 3.63) is 120 Å². The van der Waals surface area contributed by atoms with E-state index in [1.807, 2.05) is 12.1 Å². The molecule has 3 nitrogen and oxygen atoms in total. The largest absolute Gasteiger partial charge is 0.494 e. The van der Waals surface area contributed by atoms with Crippen molar-refractivity contribution >= 4 is 11.4 Å². The lowest BCUT2D eigenvalue weighted by atomic mass is 9.96. The molecule has 1 unspecified atom stereocenters. The van der Waals surface area contributed by atoms with Crippen LogP contribution >= 0.6 is 0 Å². The van der Waals surface area contributed by atoms with Gasteiger partial charge >= 0.3 is 0 Å². The molecule has 5 rings (SSSR count). The third-order valence-corrected chi connectivity index (χ3v) is 6.29. The Balaban J connectivity index is 1.40. The topological polar surface area (TPSA) is 24.8 Å². The molecule has 0 spiro atoms. The molecule has 1 aliphatic rings. The van der Waals surface area contributed by atoms with Crippen molar-refractivity contribution in [2.45, 2.75) is 32.2 Å². The summed E-state index contributed by atoms with van der Waals surface area (Å²) in [5.41, 5.74) is 7.07. The highest BCUT2D eigenvalue weighted by molar-refractivity contribution is 6.03. The summed E-state index contributed by atoms with van der Waals surface area (Å²) in [5, 5.41) is 7.25. The SMILES string of the molecule is CCCCOc1ccc(C2CC(c3ccc(-c4ccccc4)cc3)=NN2c2ccccc2)cc1. The molecule has 0 fully saturated rings. The number of anilines is 1. The van der Waals surface area contributed by atoms with Gasteiger partial charge in [0.1, 0.15) is 5.75 Å². The van der Waals surface area contributed by atoms with Crippen LogP contribution in [0.2, 0.25) is 0 Å². The number of unbranched alkanes of at least 4 members (excludes halogenated alkanes) is 1. The Bertz CT molecular complexity index is 1220. The summed E-state index contributed by atoms with van der Waals surface area (Å²) in [4.78, 5) is 0. The van der Waals surface area contributed by atoms with Crippen LogP contribution in [-0.4, -0.2) is 12.3 Å². The predicted molar refractivity (Wildman–Crippen MR) is 142 cm³/mol. The molecule has 1 aliphatic heterocycles. The standard InChI is InChI=1S/C31H30N2O/c1-2-3-22-34-29-20-18-27(19-21-29)31-23-30(32-33(31)28-12-8-5-9-13-28)26-16-14-25(15-17-26)24-10-6-4-7-11-24/h4-21,31H,2-3,22-23H2,1H3. The van der Waals surface area contributed by atoms with Crippen LogP contribution in [0.4, 0.5) is 5.69 Å². The van der Waals surface area contributed by atoms with Crippen LogP contribution in [0.3, 0.4) is 0 Å². The first-order valence-corrected chi connectivity index (χ1v) is 12.1. The third kappa shape index (κ3) is 4.89. The van der Waals surface area contributed by atoms with Crippen molar-refractivity contribution in [1.29, 1.82) is 0 Å². The average Bonchev–Trinajstić information content (AvgIpc) is 3.36. The Morgan fingerprint density at radius 3 is 2.03 bits per heavy atom. The number of nitrogens with zero attached hydrogens (tertiary/aromatic N) is 2. The first-order valence-electron chi connectivity index (χ1n) is 12.1. The molecule has 0 amide bonds. The van der Waals surface area contributed by atoms with Gasteiger partial charge in [-0.05, 0) is 52.9 Å². The maximum atomic E-state index is 5.87. The fourth-order valence-electron chi connectivity index (χ4n) is 4.37. The predicted octanol–water partition coefficient (Wildman–Crippen LogP) is 7.89. The van der Waals surface area contributed by atoms with Gasteiger partial charge in [-0.15, -0.1) is 0 Å². The lowest BCUT2D eigenvalue weighted by molar-refractivity contribution is 0.309. The minimum absolute atomic E-state index is 0.149. The summed E-state index contributed by atoms with van der Waals surface area (Å²) in [5.74, 6) is 0.930. The van der Waals surface area contributed by atoms with Gasteiger partial charge < -0.3 is 4.74 Å². The summed E-state index contributed by atoms with van der Waals surface area (Å²) < 4.78 is 5.87. The summed E-state index contributed by atoms with van der Waals surface area (Å²) in [6, 6.07) is 38.4. The Hall–Kier alpha value is -3.85. The molecule has 34 heavy (non-hydrogen) atoms. The maximum absolute atomic E-state index is 5.87. The van der Waals surface area contributed by atoms with E-state index in [1.165, 1.54) is 22.3 Å². The number of ether oxygens (including phenoxy) is 1. The zero-order valence-corrected chi connectivity index (χ0v) is 19.6. The Morgan fingerprint density at radius 1 is 0.735 bits per heavy atom. The smallest absolute Gasteiger partial charge is 0.119 e. The second-order valence-electron chi connectivity index (χ2n) is 8.66. The van der Waals surface area contributed by atoms with Crippen LogP contribution in [0.1, 0.15) is 43.4 Å². The highest BCUT2D eigenvalue weighted by Gasteiger charge is 2.29. The van der Waals surface area contributed by atoms with E-state index in [-0.39, 0.29) is 6.04 Å². The molecular weight excluding hydrogens is 416 g/mol. The molecule has 3 heteroatoms. The van der Waals surface area contributed by atoms with Gasteiger partial charge in [0, 0.05) is 6.42 Å². The van der Waals surface area contributed by atoms with Crippen molar-refractivity contribution < 1.29 is 4.74 Å². The van der Waals surface area contributed by atoms with Crippen LogP contribution in [0, 0.1) is 0 Å². The molecule has 1 heterocycles. The minimum atomic E-state index is 0.149. The van der Waals surface area contributed by atoms with Crippen molar-refractivity contribution in [3.63, 3.8) is 0 Å². The lowest BCUT2D eigenvalue weighted by Gasteiger charge is -2.24. The molecule has 0 saturated heterocycles. The third-order valence-electron chi connectivity index (χ3n) is 6.29. The van der Waals surface area contributed by atoms with Gasteiger partial charge in [0.05, 0.1) is 24.0 Å². The van der Waals surface area contributed by atoms with Gasteiger partial charge in [-0.25, -0.2) is 0 Å². The number of hydrazone groups is 1. The highest BCUT2D eigenvalue weighted by Crippen LogP contribution is 2.37. The number of para-hydroxylation sites is 1. The normalized spacial score (nSPS) is 15.3. The molecule has 4 aromatic rings. The van der Waals surface area contributed by atoms with Crippen LogP contribution in [0.15, 0.2) is 114 Å². The summed E-state index contributed by atoms with van der Waals surface area (Å²) >= 11 is 0. The summed E-state index contributed by atoms with van der Waals surface area (Å²) in [6.07, 6.45) is 3.07. The monoisotopic (exact) mass is 446 g/mol. The van der Waals surface area contributed by atoms with E-state index < -0.39 is 0 Å². The first kappa shape index (κ1) is 22.0. The highest BCUT2D eigenvalue weighted by atomic mass is 16.5. The van der Waals surface area contributed by atoms with E-state index in [0.29, 0.717) is 0 Å². The quantitative estimate of drug-likeness (QED) is 0.257. The Morgan fingerprint density at radius 2 is 1.35 bits per heavy atom. The van der Waals surface area contributed by atoms with Gasteiger partial charge in [0.25, 0.3) is 0 Å². The Labute approximate surface area is 202 Å². The van der Waals surface area contributed by atoms with E-state index in [0.717, 1.165) is 43.0 Å². The minimum Gasteiger partial charge on any atom is -0.494 e. The van der Waals surface area contributed by atoms with Crippen LogP contribution in [0.5, 0.6) is 5.75 Å². The maximum Gasteiger partial charge on any atom is 0.119 e. The van der Waals surface area contributed by atoms with Crippen molar-refractivity contribution in [2.24, 2.45) is 5.10 Å². The van der Waals surface area contributed by atoms with Gasteiger partial charge in [0.15, 0.2) is 0 Å². The van der Waals surface area contributed by atoms with Gasteiger partial charge in [-0.2, -0.15) is 5.10 Å². The summed E-state index contributed by atoms with van der Waals surface area (Å²) in [7, 11) is 0. The number of hydrogen-bond donors (Lipinski definition) is 0. The van der Waals surface area contributed by atoms with Gasteiger partial charge in [-0.1, -0.05) is 98.3 Å². The number of benzene rings is 4. The van der Waals surface area contributed by atoms with E-state index in [2.05, 4.69) is 109 Å². The van der Waals surface area contributed by atoms with E-state index >= 15 is 0 Å². The molecule has 0 saturated carbocycles. The molecule has 4 aromatic carbocycles. The summed E-state index contributed by atoms with van der Waals surface area (Å²) in [6.45, 7) is 2.94. The van der Waals surface area contributed by atoms with Crippen LogP contribution in [-0.2, 0) is 0 Å². The first-order chi connectivity index (χ1) is 16.8. The molecule has 1 atom stereocenters. The van der Waals surface area contributed by atoms with E-state index in [9.17, 15) is 0 Å². The number of hydrogen-bond acceptors (Lipinski definition) is 3. The average molecular weight is 447 g/mol. The molecule has 0 bridgehead atoms. The Kier molecular flexibility index (Phi) is 6.71. The van der Waals surface area contributed by atoms with Gasteiger partial charge in [0.2, 0.25) is 0 Å². The lowest BCUT2D eigenvalue weighted by Crippen LogP contribution is -2.18. The van der Waals surface area contributed by atoms with Crippen molar-refractivity contribution in [1.82, 2.24) is 0 Å². The second-order valence-corrected chi connectivity index (χ2v) is 8.66. The molecule has 0 N–H and O–H groups in total. The molecule has 0 aromatic heterocycles. The van der Waals surface area contributed by atoms with E-state index in [1.54, 1.807) is 0 Å². The second kappa shape index (κ2) is 10.4. The zero-order chi connectivity index (χ0) is 23.2. The molecule has 0 aliphatic carbocycles. The molecule has 0 radical (unpaired) electrons. The van der Waals surface area contributed by atoms with Crippen LogP contribution < -0.4 is 9.75 Å². The fraction of sp³-hybridized carbons (Fsp3) is 0.194. The van der Waals surface area contributed by atoms with Gasteiger partial charge in [-0.3, -0.25) is 5.01 Å². The van der Waals surface area contributed by atoms with Crippen molar-refractivity contribution in [3.8, 4) is 16.9 Å². The van der Waals surface area contributed by atoms with Crippen molar-refractivity contribution in [2.75, 3.05) is 11.6 Å². The molecule has 170 valence electrons.